The van der Waals surface area contributed by atoms with Gasteiger partial charge in [0.05, 0.1) is 0 Å². The normalized spacial score (nSPS) is 17.1. The lowest BCUT2D eigenvalue weighted by Crippen LogP contribution is -2.41. The van der Waals surface area contributed by atoms with Crippen LogP contribution in [0.15, 0.2) is 0 Å². The molecule has 0 atom stereocenters. The summed E-state index contributed by atoms with van der Waals surface area (Å²) in [6, 6.07) is -0.460. The van der Waals surface area contributed by atoms with Crippen molar-refractivity contribution in [1.29, 1.82) is 0 Å². The van der Waals surface area contributed by atoms with Crippen LogP contribution in [0, 0.1) is 0 Å². The Labute approximate surface area is 71.5 Å². The van der Waals surface area contributed by atoms with Crippen LogP contribution in [0.25, 0.3) is 0 Å². The van der Waals surface area contributed by atoms with Gasteiger partial charge in [0.1, 0.15) is 0 Å². The number of hydrogen-bond donors (Lipinski definition) is 0. The molecule has 5 nitrogen and oxygen atoms in total. The molecule has 0 aromatic rings. The van der Waals surface area contributed by atoms with E-state index in [4.69, 9.17) is 0 Å². The predicted octanol–water partition coefficient (Wildman–Crippen LogP) is 0.0354. The van der Waals surface area contributed by atoms with Crippen LogP contribution < -0.4 is 0 Å². The molecule has 0 spiro atoms. The molecular weight excluding hydrogens is 158 g/mol. The summed E-state index contributed by atoms with van der Waals surface area (Å²) < 4.78 is 0. The second-order valence-electron chi connectivity index (χ2n) is 3.03. The van der Waals surface area contributed by atoms with Gasteiger partial charge in [-0.1, -0.05) is 0 Å². The summed E-state index contributed by atoms with van der Waals surface area (Å²) in [7, 11) is 4.95. The molecule has 1 aliphatic rings. The van der Waals surface area contributed by atoms with Crippen molar-refractivity contribution in [2.45, 2.75) is 0 Å². The third-order valence-electron chi connectivity index (χ3n) is 1.83. The Morgan fingerprint density at radius 1 is 1.42 bits per heavy atom. The molecule has 0 bridgehead atoms. The smallest absolute Gasteiger partial charge is 0.328 e. The van der Waals surface area contributed by atoms with Crippen molar-refractivity contribution in [3.63, 3.8) is 0 Å². The van der Waals surface area contributed by atoms with E-state index < -0.39 is 0 Å². The van der Waals surface area contributed by atoms with Gasteiger partial charge in [-0.3, -0.25) is 0 Å². The Morgan fingerprint density at radius 2 is 2.00 bits per heavy atom. The van der Waals surface area contributed by atoms with Gasteiger partial charge in [0, 0.05) is 34.2 Å². The van der Waals surface area contributed by atoms with Crippen LogP contribution in [-0.2, 0) is 0 Å². The minimum absolute atomic E-state index is 0.214. The first-order valence-electron chi connectivity index (χ1n) is 3.78. The molecule has 0 aromatic carbocycles. The van der Waals surface area contributed by atoms with Gasteiger partial charge < -0.3 is 9.80 Å². The second kappa shape index (κ2) is 3.00. The van der Waals surface area contributed by atoms with E-state index in [0.29, 0.717) is 13.1 Å². The maximum Gasteiger partial charge on any atom is 0.328 e. The number of carbonyl (C=O) groups excluding carboxylic acids is 2. The Morgan fingerprint density at radius 3 is 2.33 bits per heavy atom. The van der Waals surface area contributed by atoms with Crippen LogP contribution in [0.3, 0.4) is 0 Å². The predicted molar refractivity (Wildman–Crippen MR) is 43.8 cm³/mol. The van der Waals surface area contributed by atoms with Crippen LogP contribution in [0.4, 0.5) is 9.59 Å². The van der Waals surface area contributed by atoms with Crippen LogP contribution in [0.2, 0.25) is 0 Å². The molecule has 1 aliphatic heterocycles. The number of nitrogens with zero attached hydrogens (tertiary/aromatic N) is 3. The average Bonchev–Trinajstić information content (AvgIpc) is 2.32. The number of amides is 4. The molecule has 1 fully saturated rings. The van der Waals surface area contributed by atoms with Crippen molar-refractivity contribution in [1.82, 2.24) is 14.7 Å². The molecule has 68 valence electrons. The Kier molecular flexibility index (Phi) is 2.21. The van der Waals surface area contributed by atoms with Crippen molar-refractivity contribution in [2.75, 3.05) is 34.2 Å². The van der Waals surface area contributed by atoms with Crippen molar-refractivity contribution in [2.24, 2.45) is 0 Å². The lowest BCUT2D eigenvalue weighted by atomic mass is 10.6. The Hall–Kier alpha value is -1.26. The first-order valence-corrected chi connectivity index (χ1v) is 3.78. The van der Waals surface area contributed by atoms with E-state index in [-0.39, 0.29) is 12.1 Å². The summed E-state index contributed by atoms with van der Waals surface area (Å²) in [5.41, 5.74) is 0. The molecule has 0 aromatic heterocycles. The molecule has 0 saturated carbocycles. The Bertz CT molecular complexity index is 215. The zero-order valence-corrected chi connectivity index (χ0v) is 7.57. The fraction of sp³-hybridized carbons (Fsp3) is 0.714. The maximum absolute atomic E-state index is 11.3. The largest absolute Gasteiger partial charge is 0.330 e. The number of likely N-dealkylation sites (N-methyl/N-ethyl adjacent to an activating group) is 1. The molecule has 5 heteroatoms. The standard InChI is InChI=1S/C7H13N3O2/c1-8(2)6(11)10-5-4-9(3)7(10)12/h4-5H2,1-3H3. The van der Waals surface area contributed by atoms with E-state index in [0.717, 1.165) is 0 Å². The number of rotatable bonds is 0. The second-order valence-corrected chi connectivity index (χ2v) is 3.03. The zero-order valence-electron chi connectivity index (χ0n) is 7.57. The van der Waals surface area contributed by atoms with Gasteiger partial charge in [-0.05, 0) is 0 Å². The van der Waals surface area contributed by atoms with Crippen LogP contribution in [0.5, 0.6) is 0 Å². The highest BCUT2D eigenvalue weighted by atomic mass is 16.2. The van der Waals surface area contributed by atoms with Gasteiger partial charge in [0.15, 0.2) is 0 Å². The van der Waals surface area contributed by atoms with Crippen molar-refractivity contribution < 1.29 is 9.59 Å². The summed E-state index contributed by atoms with van der Waals surface area (Å²) in [5, 5.41) is 0. The molecule has 1 heterocycles. The van der Waals surface area contributed by atoms with E-state index in [2.05, 4.69) is 0 Å². The third kappa shape index (κ3) is 1.34. The van der Waals surface area contributed by atoms with Crippen molar-refractivity contribution in [3.05, 3.63) is 0 Å². The van der Waals surface area contributed by atoms with Gasteiger partial charge in [0.2, 0.25) is 0 Å². The Balaban J connectivity index is 2.66. The quantitative estimate of drug-likeness (QED) is 0.516. The molecule has 0 radical (unpaired) electrons. The summed E-state index contributed by atoms with van der Waals surface area (Å²) >= 11 is 0. The van der Waals surface area contributed by atoms with Gasteiger partial charge >= 0.3 is 12.1 Å². The number of urea groups is 2. The summed E-state index contributed by atoms with van der Waals surface area (Å²) in [5.74, 6) is 0. The summed E-state index contributed by atoms with van der Waals surface area (Å²) in [6.45, 7) is 1.12. The minimum Gasteiger partial charge on any atom is -0.330 e. The summed E-state index contributed by atoms with van der Waals surface area (Å²) in [4.78, 5) is 26.7. The van der Waals surface area contributed by atoms with Gasteiger partial charge in [-0.25, -0.2) is 14.5 Å². The minimum atomic E-state index is -0.246. The highest BCUT2D eigenvalue weighted by molar-refractivity contribution is 5.94. The van der Waals surface area contributed by atoms with Gasteiger partial charge in [-0.2, -0.15) is 0 Å². The van der Waals surface area contributed by atoms with E-state index in [1.165, 1.54) is 14.7 Å². The zero-order chi connectivity index (χ0) is 9.30. The molecule has 1 rings (SSSR count). The highest BCUT2D eigenvalue weighted by Gasteiger charge is 2.31. The van der Waals surface area contributed by atoms with Crippen molar-refractivity contribution >= 4 is 12.1 Å². The van der Waals surface area contributed by atoms with Crippen LogP contribution in [-0.4, -0.2) is 61.0 Å². The van der Waals surface area contributed by atoms with E-state index in [1.54, 1.807) is 21.1 Å². The molecule has 12 heavy (non-hydrogen) atoms. The van der Waals surface area contributed by atoms with E-state index >= 15 is 0 Å². The lowest BCUT2D eigenvalue weighted by Gasteiger charge is -2.18. The van der Waals surface area contributed by atoms with E-state index in [9.17, 15) is 9.59 Å². The molecule has 0 N–H and O–H groups in total. The lowest BCUT2D eigenvalue weighted by molar-refractivity contribution is 0.173. The average molecular weight is 171 g/mol. The SMILES string of the molecule is CN(C)C(=O)N1CCN(C)C1=O. The number of hydrogen-bond acceptors (Lipinski definition) is 2. The fourth-order valence-electron chi connectivity index (χ4n) is 1.07. The topological polar surface area (TPSA) is 43.9 Å². The maximum atomic E-state index is 11.3. The molecule has 4 amide bonds. The highest BCUT2D eigenvalue weighted by Crippen LogP contribution is 2.07. The molecule has 0 unspecified atom stereocenters. The molecule has 0 aliphatic carbocycles. The number of imide groups is 1. The van der Waals surface area contributed by atoms with Crippen LogP contribution >= 0.6 is 0 Å². The van der Waals surface area contributed by atoms with Gasteiger partial charge in [-0.15, -0.1) is 0 Å². The van der Waals surface area contributed by atoms with Crippen LogP contribution in [0.1, 0.15) is 0 Å². The fourth-order valence-corrected chi connectivity index (χ4v) is 1.07. The first-order chi connectivity index (χ1) is 5.54. The monoisotopic (exact) mass is 171 g/mol. The summed E-state index contributed by atoms with van der Waals surface area (Å²) in [6.07, 6.45) is 0. The first kappa shape index (κ1) is 8.83. The molecular formula is C7H13N3O2. The third-order valence-corrected chi connectivity index (χ3v) is 1.83. The van der Waals surface area contributed by atoms with E-state index in [1.807, 2.05) is 0 Å². The van der Waals surface area contributed by atoms with Crippen molar-refractivity contribution in [3.8, 4) is 0 Å². The number of carbonyl (C=O) groups is 2. The van der Waals surface area contributed by atoms with Gasteiger partial charge in [0.25, 0.3) is 0 Å². The molecule has 1 saturated heterocycles.